The van der Waals surface area contributed by atoms with Gasteiger partial charge in [0.2, 0.25) is 0 Å². The van der Waals surface area contributed by atoms with Gasteiger partial charge in [-0.2, -0.15) is 0 Å². The highest BCUT2D eigenvalue weighted by Gasteiger charge is 2.26. The van der Waals surface area contributed by atoms with Gasteiger partial charge in [-0.1, -0.05) is 12.1 Å². The fraction of sp³-hybridized carbons (Fsp3) is 0.619. The third-order valence-corrected chi connectivity index (χ3v) is 5.95. The maximum absolute atomic E-state index is 9.34. The first kappa shape index (κ1) is 18.4. The second-order valence-electron chi connectivity index (χ2n) is 7.93. The molecule has 2 aliphatic rings. The molecule has 1 aromatic carbocycles. The van der Waals surface area contributed by atoms with E-state index in [1.165, 1.54) is 31.2 Å². The van der Waals surface area contributed by atoms with E-state index in [-0.39, 0.29) is 6.61 Å². The predicted octanol–water partition coefficient (Wildman–Crippen LogP) is 3.01. The first-order valence-electron chi connectivity index (χ1n) is 10.2. The Bertz CT molecular complexity index is 737. The van der Waals surface area contributed by atoms with Crippen LogP contribution in [0.4, 0.5) is 0 Å². The normalized spacial score (nSPS) is 21.6. The topological polar surface area (TPSA) is 63.4 Å². The van der Waals surface area contributed by atoms with Gasteiger partial charge in [-0.15, -0.1) is 10.2 Å². The van der Waals surface area contributed by atoms with Crippen LogP contribution in [-0.2, 0) is 20.2 Å². The summed E-state index contributed by atoms with van der Waals surface area (Å²) in [4.78, 5) is 2.49. The highest BCUT2D eigenvalue weighted by Crippen LogP contribution is 2.28. The van der Waals surface area contributed by atoms with Crippen molar-refractivity contribution in [2.75, 3.05) is 13.1 Å². The van der Waals surface area contributed by atoms with E-state index in [1.54, 1.807) is 0 Å². The van der Waals surface area contributed by atoms with E-state index in [0.717, 1.165) is 44.0 Å². The molecule has 0 spiro atoms. The van der Waals surface area contributed by atoms with Crippen LogP contribution in [0.3, 0.4) is 0 Å². The smallest absolute Gasteiger partial charge is 0.158 e. The van der Waals surface area contributed by atoms with Crippen molar-refractivity contribution < 1.29 is 9.84 Å². The van der Waals surface area contributed by atoms with E-state index in [9.17, 15) is 5.11 Å². The molecule has 1 atom stereocenters. The lowest BCUT2D eigenvalue weighted by Crippen LogP contribution is -2.34. The molecule has 2 fully saturated rings. The summed E-state index contributed by atoms with van der Waals surface area (Å²) < 4.78 is 8.02. The van der Waals surface area contributed by atoms with Crippen molar-refractivity contribution in [3.8, 4) is 5.75 Å². The zero-order chi connectivity index (χ0) is 18.6. The van der Waals surface area contributed by atoms with Gasteiger partial charge in [0, 0.05) is 26.1 Å². The van der Waals surface area contributed by atoms with E-state index < -0.39 is 0 Å². The molecular formula is C21H30N4O2. The third kappa shape index (κ3) is 4.33. The van der Waals surface area contributed by atoms with Gasteiger partial charge in [-0.25, -0.2) is 0 Å². The molecule has 1 aliphatic heterocycles. The van der Waals surface area contributed by atoms with Gasteiger partial charge in [-0.3, -0.25) is 4.90 Å². The number of hydrogen-bond acceptors (Lipinski definition) is 5. The molecule has 1 aromatic heterocycles. The molecule has 0 amide bonds. The SMILES string of the molecule is Cn1c(CO)nnc1[C@@H]1CCCN(Cc2ccc(OC3CCCC3)cc2)C1. The van der Waals surface area contributed by atoms with Gasteiger partial charge in [0.1, 0.15) is 18.2 Å². The average molecular weight is 370 g/mol. The van der Waals surface area contributed by atoms with Crippen molar-refractivity contribution in [2.24, 2.45) is 7.05 Å². The number of aliphatic hydroxyl groups excluding tert-OH is 1. The van der Waals surface area contributed by atoms with Crippen LogP contribution in [0.1, 0.15) is 61.7 Å². The molecule has 146 valence electrons. The molecule has 1 saturated heterocycles. The molecule has 0 bridgehead atoms. The Hall–Kier alpha value is -1.92. The number of rotatable bonds is 6. The van der Waals surface area contributed by atoms with E-state index in [1.807, 2.05) is 11.6 Å². The molecule has 1 saturated carbocycles. The lowest BCUT2D eigenvalue weighted by Gasteiger charge is -2.32. The van der Waals surface area contributed by atoms with E-state index >= 15 is 0 Å². The summed E-state index contributed by atoms with van der Waals surface area (Å²) in [6.45, 7) is 2.99. The fourth-order valence-electron chi connectivity index (χ4n) is 4.41. The van der Waals surface area contributed by atoms with Crippen molar-refractivity contribution in [1.82, 2.24) is 19.7 Å². The highest BCUT2D eigenvalue weighted by atomic mass is 16.5. The van der Waals surface area contributed by atoms with Crippen molar-refractivity contribution in [2.45, 2.75) is 63.7 Å². The summed E-state index contributed by atoms with van der Waals surface area (Å²) in [6, 6.07) is 8.62. The van der Waals surface area contributed by atoms with Crippen molar-refractivity contribution in [3.05, 3.63) is 41.5 Å². The number of benzene rings is 1. The summed E-state index contributed by atoms with van der Waals surface area (Å²) in [5.74, 6) is 3.00. The monoisotopic (exact) mass is 370 g/mol. The third-order valence-electron chi connectivity index (χ3n) is 5.95. The second kappa shape index (κ2) is 8.40. The van der Waals surface area contributed by atoms with Crippen LogP contribution in [-0.4, -0.2) is 44.0 Å². The van der Waals surface area contributed by atoms with Gasteiger partial charge in [0.05, 0.1) is 6.10 Å². The Kier molecular flexibility index (Phi) is 5.74. The molecule has 4 rings (SSSR count). The van der Waals surface area contributed by atoms with Crippen LogP contribution in [0, 0.1) is 0 Å². The van der Waals surface area contributed by atoms with Gasteiger partial charge in [0.15, 0.2) is 5.82 Å². The molecule has 1 aliphatic carbocycles. The Labute approximate surface area is 161 Å². The Balaban J connectivity index is 1.35. The van der Waals surface area contributed by atoms with Gasteiger partial charge in [-0.05, 0) is 62.8 Å². The van der Waals surface area contributed by atoms with Crippen LogP contribution in [0.25, 0.3) is 0 Å². The van der Waals surface area contributed by atoms with Crippen LogP contribution >= 0.6 is 0 Å². The van der Waals surface area contributed by atoms with E-state index in [4.69, 9.17) is 4.74 Å². The molecule has 27 heavy (non-hydrogen) atoms. The number of ether oxygens (including phenoxy) is 1. The Morgan fingerprint density at radius 3 is 2.56 bits per heavy atom. The van der Waals surface area contributed by atoms with Gasteiger partial charge >= 0.3 is 0 Å². The second-order valence-corrected chi connectivity index (χ2v) is 7.93. The van der Waals surface area contributed by atoms with Gasteiger partial charge < -0.3 is 14.4 Å². The first-order chi connectivity index (χ1) is 13.2. The minimum atomic E-state index is -0.0603. The number of likely N-dealkylation sites (tertiary alicyclic amines) is 1. The zero-order valence-electron chi connectivity index (χ0n) is 16.2. The number of aliphatic hydroxyl groups is 1. The summed E-state index contributed by atoms with van der Waals surface area (Å²) in [7, 11) is 1.95. The minimum absolute atomic E-state index is 0.0603. The summed E-state index contributed by atoms with van der Waals surface area (Å²) in [5.41, 5.74) is 1.32. The fourth-order valence-corrected chi connectivity index (χ4v) is 4.41. The minimum Gasteiger partial charge on any atom is -0.490 e. The average Bonchev–Trinajstić information content (AvgIpc) is 3.33. The first-order valence-corrected chi connectivity index (χ1v) is 10.2. The van der Waals surface area contributed by atoms with E-state index in [0.29, 0.717) is 17.8 Å². The van der Waals surface area contributed by atoms with Crippen molar-refractivity contribution >= 4 is 0 Å². The molecule has 0 radical (unpaired) electrons. The van der Waals surface area contributed by atoms with Crippen molar-refractivity contribution in [1.29, 1.82) is 0 Å². The zero-order valence-corrected chi connectivity index (χ0v) is 16.2. The number of hydrogen-bond donors (Lipinski definition) is 1. The van der Waals surface area contributed by atoms with Crippen LogP contribution in [0.15, 0.2) is 24.3 Å². The maximum atomic E-state index is 9.34. The standard InChI is InChI=1S/C21H30N4O2/c1-24-20(15-26)22-23-21(24)17-5-4-12-25(14-17)13-16-8-10-19(11-9-16)27-18-6-2-3-7-18/h8-11,17-18,26H,2-7,12-15H2,1H3/t17-/m1/s1. The van der Waals surface area contributed by atoms with Gasteiger partial charge in [0.25, 0.3) is 0 Å². The van der Waals surface area contributed by atoms with E-state index in [2.05, 4.69) is 39.4 Å². The van der Waals surface area contributed by atoms with Crippen LogP contribution in [0.5, 0.6) is 5.75 Å². The Morgan fingerprint density at radius 1 is 1.07 bits per heavy atom. The molecule has 1 N–H and O–H groups in total. The lowest BCUT2D eigenvalue weighted by atomic mass is 9.96. The maximum Gasteiger partial charge on any atom is 0.158 e. The molecule has 0 unspecified atom stereocenters. The summed E-state index contributed by atoms with van der Waals surface area (Å²) in [6.07, 6.45) is 7.67. The largest absolute Gasteiger partial charge is 0.490 e. The number of nitrogens with zero attached hydrogens (tertiary/aromatic N) is 4. The molecule has 2 aromatic rings. The van der Waals surface area contributed by atoms with Crippen LogP contribution < -0.4 is 4.74 Å². The molecule has 2 heterocycles. The number of aromatic nitrogens is 3. The van der Waals surface area contributed by atoms with Crippen LogP contribution in [0.2, 0.25) is 0 Å². The quantitative estimate of drug-likeness (QED) is 0.847. The summed E-state index contributed by atoms with van der Waals surface area (Å²) >= 11 is 0. The Morgan fingerprint density at radius 2 is 1.85 bits per heavy atom. The van der Waals surface area contributed by atoms with Crippen molar-refractivity contribution in [3.63, 3.8) is 0 Å². The molecule has 6 nitrogen and oxygen atoms in total. The molecule has 6 heteroatoms. The predicted molar refractivity (Wildman–Crippen MR) is 104 cm³/mol. The lowest BCUT2D eigenvalue weighted by molar-refractivity contribution is 0.194. The highest BCUT2D eigenvalue weighted by molar-refractivity contribution is 5.27. The molecular weight excluding hydrogens is 340 g/mol. The number of piperidine rings is 1. The summed E-state index contributed by atoms with van der Waals surface area (Å²) in [5, 5.41) is 17.8.